The molecule has 1 aromatic heterocycles. The van der Waals surface area contributed by atoms with Crippen molar-refractivity contribution >= 4 is 11.3 Å². The number of para-hydroxylation sites is 1. The number of phenolic OH excluding ortho intramolecular Hbond substituents is 1. The van der Waals surface area contributed by atoms with Crippen molar-refractivity contribution in [3.05, 3.63) is 78.2 Å². The second-order valence-electron chi connectivity index (χ2n) is 5.14. The first kappa shape index (κ1) is 16.3. The largest absolute Gasteiger partial charge is 0.507 e. The van der Waals surface area contributed by atoms with Gasteiger partial charge in [-0.3, -0.25) is 4.90 Å². The fraction of sp³-hybridized carbons (Fsp3) is 0.158. The summed E-state index contributed by atoms with van der Waals surface area (Å²) in [6.45, 7) is 9.24. The SMILES string of the molecule is C=C/C=C(\C=C)CN(C)Cc1ccc(-c2ccccc2O)s1. The summed E-state index contributed by atoms with van der Waals surface area (Å²) in [5.74, 6) is 0.326. The minimum Gasteiger partial charge on any atom is -0.507 e. The van der Waals surface area contributed by atoms with Crippen molar-refractivity contribution in [2.24, 2.45) is 0 Å². The lowest BCUT2D eigenvalue weighted by Gasteiger charge is -2.16. The molecule has 0 unspecified atom stereocenters. The molecule has 0 spiro atoms. The van der Waals surface area contributed by atoms with Crippen LogP contribution in [0.4, 0.5) is 0 Å². The second kappa shape index (κ2) is 7.78. The molecule has 0 saturated heterocycles. The number of likely N-dealkylation sites (N-methyl/N-ethyl adjacent to an activating group) is 1. The van der Waals surface area contributed by atoms with Crippen LogP contribution in [0.15, 0.2) is 73.4 Å². The third-order valence-corrected chi connectivity index (χ3v) is 4.41. The quantitative estimate of drug-likeness (QED) is 0.739. The van der Waals surface area contributed by atoms with Gasteiger partial charge in [-0.2, -0.15) is 0 Å². The van der Waals surface area contributed by atoms with E-state index in [0.29, 0.717) is 5.75 Å². The van der Waals surface area contributed by atoms with Gasteiger partial charge in [0, 0.05) is 28.4 Å². The van der Waals surface area contributed by atoms with E-state index in [2.05, 4.69) is 37.2 Å². The van der Waals surface area contributed by atoms with Crippen molar-refractivity contribution in [1.29, 1.82) is 0 Å². The summed E-state index contributed by atoms with van der Waals surface area (Å²) < 4.78 is 0. The highest BCUT2D eigenvalue weighted by molar-refractivity contribution is 7.15. The molecule has 2 aromatic rings. The van der Waals surface area contributed by atoms with Gasteiger partial charge in [-0.25, -0.2) is 0 Å². The summed E-state index contributed by atoms with van der Waals surface area (Å²) in [5, 5.41) is 9.93. The van der Waals surface area contributed by atoms with E-state index in [1.54, 1.807) is 23.5 Å². The van der Waals surface area contributed by atoms with E-state index in [-0.39, 0.29) is 0 Å². The molecule has 1 aromatic carbocycles. The first-order chi connectivity index (χ1) is 10.6. The van der Waals surface area contributed by atoms with E-state index in [4.69, 9.17) is 0 Å². The van der Waals surface area contributed by atoms with Gasteiger partial charge >= 0.3 is 0 Å². The number of allylic oxidation sites excluding steroid dienone is 2. The number of aromatic hydroxyl groups is 1. The monoisotopic (exact) mass is 311 g/mol. The first-order valence-corrected chi connectivity index (χ1v) is 7.95. The van der Waals surface area contributed by atoms with Gasteiger partial charge in [0.1, 0.15) is 5.75 Å². The summed E-state index contributed by atoms with van der Waals surface area (Å²) in [7, 11) is 2.08. The average Bonchev–Trinajstić information content (AvgIpc) is 2.95. The Hall–Kier alpha value is -2.10. The fourth-order valence-corrected chi connectivity index (χ4v) is 3.38. The zero-order chi connectivity index (χ0) is 15.9. The zero-order valence-corrected chi connectivity index (χ0v) is 13.6. The van der Waals surface area contributed by atoms with Gasteiger partial charge in [0.15, 0.2) is 0 Å². The second-order valence-corrected chi connectivity index (χ2v) is 6.31. The fourth-order valence-electron chi connectivity index (χ4n) is 2.26. The molecular formula is C19H21NOS. The number of rotatable bonds is 7. The number of benzene rings is 1. The summed E-state index contributed by atoms with van der Waals surface area (Å²) in [5.41, 5.74) is 2.04. The number of nitrogens with zero attached hydrogens (tertiary/aromatic N) is 1. The van der Waals surface area contributed by atoms with Crippen LogP contribution in [0.5, 0.6) is 5.75 Å². The lowest BCUT2D eigenvalue weighted by atomic mass is 10.1. The highest BCUT2D eigenvalue weighted by Gasteiger charge is 2.08. The molecule has 1 N–H and O–H groups in total. The topological polar surface area (TPSA) is 23.5 Å². The molecule has 1 heterocycles. The van der Waals surface area contributed by atoms with Gasteiger partial charge in [0.25, 0.3) is 0 Å². The molecule has 3 heteroatoms. The van der Waals surface area contributed by atoms with Crippen LogP contribution in [-0.4, -0.2) is 23.6 Å². The molecule has 0 radical (unpaired) electrons. The van der Waals surface area contributed by atoms with Crippen molar-refractivity contribution in [3.63, 3.8) is 0 Å². The normalized spacial score (nSPS) is 11.6. The Kier molecular flexibility index (Phi) is 5.75. The van der Waals surface area contributed by atoms with E-state index in [1.807, 2.05) is 30.4 Å². The van der Waals surface area contributed by atoms with Gasteiger partial charge in [0.2, 0.25) is 0 Å². The molecule has 114 valence electrons. The smallest absolute Gasteiger partial charge is 0.124 e. The first-order valence-electron chi connectivity index (χ1n) is 7.13. The van der Waals surface area contributed by atoms with E-state index in [0.717, 1.165) is 29.1 Å². The van der Waals surface area contributed by atoms with Crippen LogP contribution in [-0.2, 0) is 6.54 Å². The predicted molar refractivity (Wildman–Crippen MR) is 96.2 cm³/mol. The Morgan fingerprint density at radius 3 is 2.68 bits per heavy atom. The van der Waals surface area contributed by atoms with Crippen LogP contribution in [0.2, 0.25) is 0 Å². The van der Waals surface area contributed by atoms with Crippen LogP contribution in [0, 0.1) is 0 Å². The van der Waals surface area contributed by atoms with E-state index >= 15 is 0 Å². The lowest BCUT2D eigenvalue weighted by Crippen LogP contribution is -2.19. The molecule has 0 bridgehead atoms. The molecule has 0 atom stereocenters. The van der Waals surface area contributed by atoms with Gasteiger partial charge in [-0.05, 0) is 36.9 Å². The predicted octanol–water partition coefficient (Wildman–Crippen LogP) is 4.85. The molecule has 0 fully saturated rings. The Balaban J connectivity index is 2.06. The van der Waals surface area contributed by atoms with Crippen molar-refractivity contribution in [3.8, 4) is 16.2 Å². The zero-order valence-electron chi connectivity index (χ0n) is 12.8. The van der Waals surface area contributed by atoms with Crippen molar-refractivity contribution in [1.82, 2.24) is 4.90 Å². The molecule has 0 aliphatic carbocycles. The van der Waals surface area contributed by atoms with Gasteiger partial charge in [-0.15, -0.1) is 11.3 Å². The van der Waals surface area contributed by atoms with Crippen LogP contribution in [0.1, 0.15) is 4.88 Å². The maximum Gasteiger partial charge on any atom is 0.124 e. The minimum absolute atomic E-state index is 0.326. The summed E-state index contributed by atoms with van der Waals surface area (Å²) in [6, 6.07) is 11.6. The number of hydrogen-bond acceptors (Lipinski definition) is 3. The molecule has 2 nitrogen and oxygen atoms in total. The van der Waals surface area contributed by atoms with Gasteiger partial charge in [-0.1, -0.05) is 43.5 Å². The highest BCUT2D eigenvalue weighted by atomic mass is 32.1. The highest BCUT2D eigenvalue weighted by Crippen LogP contribution is 2.34. The molecule has 22 heavy (non-hydrogen) atoms. The Labute approximate surface area is 136 Å². The molecule has 0 amide bonds. The van der Waals surface area contributed by atoms with Crippen LogP contribution in [0.25, 0.3) is 10.4 Å². The number of hydrogen-bond donors (Lipinski definition) is 1. The number of phenols is 1. The Morgan fingerprint density at radius 1 is 1.23 bits per heavy atom. The van der Waals surface area contributed by atoms with Gasteiger partial charge in [0.05, 0.1) is 0 Å². The molecule has 0 saturated carbocycles. The van der Waals surface area contributed by atoms with Crippen molar-refractivity contribution in [2.45, 2.75) is 6.54 Å². The Bertz CT molecular complexity index is 684. The summed E-state index contributed by atoms with van der Waals surface area (Å²) >= 11 is 1.71. The molecule has 0 aliphatic heterocycles. The summed E-state index contributed by atoms with van der Waals surface area (Å²) in [4.78, 5) is 4.59. The maximum absolute atomic E-state index is 9.93. The average molecular weight is 311 g/mol. The van der Waals surface area contributed by atoms with Crippen LogP contribution >= 0.6 is 11.3 Å². The van der Waals surface area contributed by atoms with Crippen LogP contribution < -0.4 is 0 Å². The van der Waals surface area contributed by atoms with Crippen molar-refractivity contribution in [2.75, 3.05) is 13.6 Å². The third-order valence-electron chi connectivity index (χ3n) is 3.30. The molecule has 0 aliphatic rings. The standard InChI is InChI=1S/C19H21NOS/c1-4-8-15(5-2)13-20(3)14-16-11-12-19(22-16)17-9-6-7-10-18(17)21/h4-12,21H,1-2,13-14H2,3H3/b15-8+. The minimum atomic E-state index is 0.326. The van der Waals surface area contributed by atoms with Crippen molar-refractivity contribution < 1.29 is 5.11 Å². The number of thiophene rings is 1. The maximum atomic E-state index is 9.93. The van der Waals surface area contributed by atoms with E-state index < -0.39 is 0 Å². The van der Waals surface area contributed by atoms with E-state index in [1.165, 1.54) is 4.88 Å². The lowest BCUT2D eigenvalue weighted by molar-refractivity contribution is 0.361. The molecule has 2 rings (SSSR count). The molecular weight excluding hydrogens is 290 g/mol. The Morgan fingerprint density at radius 2 is 2.00 bits per heavy atom. The van der Waals surface area contributed by atoms with Gasteiger partial charge < -0.3 is 5.11 Å². The third kappa shape index (κ3) is 4.20. The summed E-state index contributed by atoms with van der Waals surface area (Å²) in [6.07, 6.45) is 5.62. The van der Waals surface area contributed by atoms with E-state index in [9.17, 15) is 5.11 Å². The van der Waals surface area contributed by atoms with Crippen LogP contribution in [0.3, 0.4) is 0 Å².